The first-order chi connectivity index (χ1) is 12.6. The third-order valence-corrected chi connectivity index (χ3v) is 5.22. The molecule has 3 aromatic rings. The van der Waals surface area contributed by atoms with E-state index in [1.165, 1.54) is 22.2 Å². The summed E-state index contributed by atoms with van der Waals surface area (Å²) >= 11 is 5.56. The van der Waals surface area contributed by atoms with Crippen LogP contribution in [-0.2, 0) is 19.5 Å². The van der Waals surface area contributed by atoms with Gasteiger partial charge in [0.1, 0.15) is 0 Å². The number of aromatic nitrogens is 1. The molecule has 0 bridgehead atoms. The summed E-state index contributed by atoms with van der Waals surface area (Å²) < 4.78 is 0. The van der Waals surface area contributed by atoms with Crippen molar-refractivity contribution in [2.45, 2.75) is 19.5 Å². The number of nitrogens with zero attached hydrogens (tertiary/aromatic N) is 1. The number of H-pyrrole nitrogens is 1. The molecule has 5 nitrogen and oxygen atoms in total. The summed E-state index contributed by atoms with van der Waals surface area (Å²) in [7, 11) is 0. The molecule has 4 rings (SSSR count). The van der Waals surface area contributed by atoms with Crippen LogP contribution >= 0.6 is 12.2 Å². The van der Waals surface area contributed by atoms with Crippen LogP contribution in [0, 0.1) is 0 Å². The van der Waals surface area contributed by atoms with E-state index in [-0.39, 0.29) is 0 Å². The summed E-state index contributed by atoms with van der Waals surface area (Å²) in [5, 5.41) is 14.3. The second-order valence-electron chi connectivity index (χ2n) is 6.46. The largest absolute Gasteiger partial charge is 0.478 e. The molecule has 26 heavy (non-hydrogen) atoms. The first-order valence-electron chi connectivity index (χ1n) is 8.55. The number of hydrogen-bond acceptors (Lipinski definition) is 2. The van der Waals surface area contributed by atoms with Crippen molar-refractivity contribution in [3.05, 3.63) is 70.9 Å². The standard InChI is InChI=1S/C20H19N3O2S/c24-19(25)14-7-5-13(6-8-14)11-21-20(26)23-10-9-16-15-3-1-2-4-17(15)22-18(16)12-23/h1-8,22H,9-12H2,(H,21,26)(H,24,25). The van der Waals surface area contributed by atoms with Crippen LogP contribution in [0.25, 0.3) is 10.9 Å². The Hall–Kier alpha value is -2.86. The fourth-order valence-corrected chi connectivity index (χ4v) is 3.65. The number of rotatable bonds is 3. The first kappa shape index (κ1) is 16.6. The second kappa shape index (κ2) is 6.80. The maximum absolute atomic E-state index is 10.9. The van der Waals surface area contributed by atoms with Gasteiger partial charge in [-0.1, -0.05) is 30.3 Å². The number of nitrogens with one attached hydrogen (secondary N) is 2. The van der Waals surface area contributed by atoms with E-state index >= 15 is 0 Å². The van der Waals surface area contributed by atoms with E-state index in [0.717, 1.165) is 30.2 Å². The number of hydrogen-bond donors (Lipinski definition) is 3. The summed E-state index contributed by atoms with van der Waals surface area (Å²) in [5.74, 6) is -0.914. The SMILES string of the molecule is O=C(O)c1ccc(CNC(=S)N2CCc3c([nH]c4ccccc34)C2)cc1. The van der Waals surface area contributed by atoms with Gasteiger partial charge in [-0.3, -0.25) is 0 Å². The van der Waals surface area contributed by atoms with E-state index in [9.17, 15) is 4.79 Å². The van der Waals surface area contributed by atoms with Crippen molar-refractivity contribution in [2.24, 2.45) is 0 Å². The lowest BCUT2D eigenvalue weighted by atomic mass is 10.0. The molecule has 0 spiro atoms. The fraction of sp³-hybridized carbons (Fsp3) is 0.200. The highest BCUT2D eigenvalue weighted by atomic mass is 32.1. The third-order valence-electron chi connectivity index (χ3n) is 4.81. The normalized spacial score (nSPS) is 13.5. The van der Waals surface area contributed by atoms with Crippen molar-refractivity contribution in [1.29, 1.82) is 0 Å². The molecule has 1 aliphatic heterocycles. The lowest BCUT2D eigenvalue weighted by Crippen LogP contribution is -2.42. The van der Waals surface area contributed by atoms with Crippen LogP contribution in [0.5, 0.6) is 0 Å². The summed E-state index contributed by atoms with van der Waals surface area (Å²) in [4.78, 5) is 16.6. The Labute approximate surface area is 156 Å². The molecule has 132 valence electrons. The highest BCUT2D eigenvalue weighted by molar-refractivity contribution is 7.80. The maximum atomic E-state index is 10.9. The Balaban J connectivity index is 1.40. The van der Waals surface area contributed by atoms with E-state index in [1.54, 1.807) is 12.1 Å². The zero-order valence-electron chi connectivity index (χ0n) is 14.2. The summed E-state index contributed by atoms with van der Waals surface area (Å²) in [6.07, 6.45) is 0.967. The second-order valence-corrected chi connectivity index (χ2v) is 6.85. The Morgan fingerprint density at radius 1 is 1.19 bits per heavy atom. The topological polar surface area (TPSA) is 68.4 Å². The van der Waals surface area contributed by atoms with Crippen LogP contribution in [0.3, 0.4) is 0 Å². The van der Waals surface area contributed by atoms with Crippen molar-refractivity contribution in [1.82, 2.24) is 15.2 Å². The zero-order chi connectivity index (χ0) is 18.1. The molecule has 6 heteroatoms. The van der Waals surface area contributed by atoms with Crippen molar-refractivity contribution in [2.75, 3.05) is 6.54 Å². The van der Waals surface area contributed by atoms with Gasteiger partial charge in [-0.25, -0.2) is 4.79 Å². The molecule has 2 heterocycles. The average Bonchev–Trinajstić information content (AvgIpc) is 3.04. The van der Waals surface area contributed by atoms with Crippen LogP contribution in [0.2, 0.25) is 0 Å². The lowest BCUT2D eigenvalue weighted by molar-refractivity contribution is 0.0697. The van der Waals surface area contributed by atoms with Crippen LogP contribution in [0.15, 0.2) is 48.5 Å². The molecule has 3 N–H and O–H groups in total. The van der Waals surface area contributed by atoms with Gasteiger partial charge < -0.3 is 20.3 Å². The molecule has 0 amide bonds. The molecule has 0 aliphatic carbocycles. The Bertz CT molecular complexity index is 978. The Morgan fingerprint density at radius 3 is 2.73 bits per heavy atom. The van der Waals surface area contributed by atoms with E-state index in [1.807, 2.05) is 18.2 Å². The number of aromatic amines is 1. The lowest BCUT2D eigenvalue weighted by Gasteiger charge is -2.29. The number of thiocarbonyl (C=S) groups is 1. The van der Waals surface area contributed by atoms with Crippen molar-refractivity contribution in [3.8, 4) is 0 Å². The van der Waals surface area contributed by atoms with Crippen LogP contribution in [0.1, 0.15) is 27.2 Å². The van der Waals surface area contributed by atoms with Gasteiger partial charge >= 0.3 is 5.97 Å². The smallest absolute Gasteiger partial charge is 0.335 e. The van der Waals surface area contributed by atoms with Gasteiger partial charge in [-0.15, -0.1) is 0 Å². The number of benzene rings is 2. The highest BCUT2D eigenvalue weighted by Gasteiger charge is 2.21. The quantitative estimate of drug-likeness (QED) is 0.622. The highest BCUT2D eigenvalue weighted by Crippen LogP contribution is 2.27. The third kappa shape index (κ3) is 3.15. The molecule has 1 aromatic heterocycles. The molecule has 0 saturated heterocycles. The number of carboxylic acids is 1. The molecule has 0 atom stereocenters. The summed E-state index contributed by atoms with van der Waals surface area (Å²) in [5.41, 5.74) is 5.09. The number of aromatic carboxylic acids is 1. The summed E-state index contributed by atoms with van der Waals surface area (Å²) in [6.45, 7) is 2.24. The van der Waals surface area contributed by atoms with Gasteiger partial charge in [-0.2, -0.15) is 0 Å². The van der Waals surface area contributed by atoms with Gasteiger partial charge in [0, 0.05) is 29.7 Å². The van der Waals surface area contributed by atoms with Crippen molar-refractivity contribution >= 4 is 34.2 Å². The minimum atomic E-state index is -0.914. The van der Waals surface area contributed by atoms with Gasteiger partial charge in [0.15, 0.2) is 5.11 Å². The van der Waals surface area contributed by atoms with E-state index in [2.05, 4.69) is 33.4 Å². The summed E-state index contributed by atoms with van der Waals surface area (Å²) in [6, 6.07) is 15.2. The number of carboxylic acid groups (broad SMARTS) is 1. The Morgan fingerprint density at radius 2 is 1.96 bits per heavy atom. The minimum Gasteiger partial charge on any atom is -0.478 e. The predicted octanol–water partition coefficient (Wildman–Crippen LogP) is 3.30. The predicted molar refractivity (Wildman–Crippen MR) is 105 cm³/mol. The van der Waals surface area contributed by atoms with Crippen LogP contribution in [0.4, 0.5) is 0 Å². The fourth-order valence-electron chi connectivity index (χ4n) is 3.42. The minimum absolute atomic E-state index is 0.290. The molecule has 0 unspecified atom stereocenters. The number of para-hydroxylation sites is 1. The van der Waals surface area contributed by atoms with E-state index in [0.29, 0.717) is 12.1 Å². The van der Waals surface area contributed by atoms with Crippen LogP contribution in [-0.4, -0.2) is 32.6 Å². The molecule has 0 saturated carbocycles. The average molecular weight is 365 g/mol. The molecule has 1 aliphatic rings. The molecular weight excluding hydrogens is 346 g/mol. The number of carbonyl (C=O) groups is 1. The number of fused-ring (bicyclic) bond motifs is 3. The van der Waals surface area contributed by atoms with Crippen molar-refractivity contribution in [3.63, 3.8) is 0 Å². The van der Waals surface area contributed by atoms with Crippen molar-refractivity contribution < 1.29 is 9.90 Å². The van der Waals surface area contributed by atoms with E-state index in [4.69, 9.17) is 17.3 Å². The first-order valence-corrected chi connectivity index (χ1v) is 8.96. The van der Waals surface area contributed by atoms with Gasteiger partial charge in [0.2, 0.25) is 0 Å². The van der Waals surface area contributed by atoms with Crippen LogP contribution < -0.4 is 5.32 Å². The molecular formula is C20H19N3O2S. The van der Waals surface area contributed by atoms with E-state index < -0.39 is 5.97 Å². The molecule has 0 radical (unpaired) electrons. The molecule has 2 aromatic carbocycles. The van der Waals surface area contributed by atoms with Gasteiger partial charge in [0.25, 0.3) is 0 Å². The molecule has 0 fully saturated rings. The Kier molecular flexibility index (Phi) is 4.34. The van der Waals surface area contributed by atoms with Gasteiger partial charge in [0.05, 0.1) is 12.1 Å². The van der Waals surface area contributed by atoms with Gasteiger partial charge in [-0.05, 0) is 48.0 Å². The monoisotopic (exact) mass is 365 g/mol. The zero-order valence-corrected chi connectivity index (χ0v) is 15.0. The maximum Gasteiger partial charge on any atom is 0.335 e.